The van der Waals surface area contributed by atoms with Crippen LogP contribution in [0.3, 0.4) is 0 Å². The van der Waals surface area contributed by atoms with Gasteiger partial charge in [0.15, 0.2) is 0 Å². The third-order valence-corrected chi connectivity index (χ3v) is 4.15. The molecule has 3 rings (SSSR count). The number of imide groups is 1. The predicted molar refractivity (Wildman–Crippen MR) is 112 cm³/mol. The van der Waals surface area contributed by atoms with Gasteiger partial charge in [0.05, 0.1) is 17.6 Å². The topological polar surface area (TPSA) is 111 Å². The standard InChI is InChI=1S/C21H24N6O3/c1-13-17(6-7-18(24-13)25-20(29)26-19(28)21(2,3)4)30-15-8-9-22-16(10-15)14-11-23-27(5)12-14/h6-12H,1-5H3,(H2,24,25,26,28,29). The lowest BCUT2D eigenvalue weighted by Crippen LogP contribution is -2.41. The Balaban J connectivity index is 1.69. The summed E-state index contributed by atoms with van der Waals surface area (Å²) in [6, 6.07) is 6.23. The quantitative estimate of drug-likeness (QED) is 0.681. The van der Waals surface area contributed by atoms with Crippen molar-refractivity contribution in [3.05, 3.63) is 48.5 Å². The van der Waals surface area contributed by atoms with Gasteiger partial charge in [0.1, 0.15) is 17.3 Å². The molecule has 0 bridgehead atoms. The molecule has 0 unspecified atom stereocenters. The third kappa shape index (κ3) is 5.19. The van der Waals surface area contributed by atoms with Crippen LogP contribution >= 0.6 is 0 Å². The fourth-order valence-corrected chi connectivity index (χ4v) is 2.48. The van der Waals surface area contributed by atoms with E-state index in [1.54, 1.807) is 63.0 Å². The summed E-state index contributed by atoms with van der Waals surface area (Å²) in [7, 11) is 1.84. The maximum Gasteiger partial charge on any atom is 0.327 e. The molecule has 0 saturated carbocycles. The highest BCUT2D eigenvalue weighted by Gasteiger charge is 2.23. The van der Waals surface area contributed by atoms with Gasteiger partial charge in [-0.25, -0.2) is 9.78 Å². The fraction of sp³-hybridized carbons (Fsp3) is 0.286. The summed E-state index contributed by atoms with van der Waals surface area (Å²) in [4.78, 5) is 32.6. The smallest absolute Gasteiger partial charge is 0.327 e. The summed E-state index contributed by atoms with van der Waals surface area (Å²) in [6.45, 7) is 6.94. The van der Waals surface area contributed by atoms with Crippen molar-refractivity contribution in [1.82, 2.24) is 25.1 Å². The average Bonchev–Trinajstić information content (AvgIpc) is 3.10. The lowest BCUT2D eigenvalue weighted by Gasteiger charge is -2.17. The average molecular weight is 408 g/mol. The Morgan fingerprint density at radius 1 is 1.17 bits per heavy atom. The molecule has 30 heavy (non-hydrogen) atoms. The molecule has 2 N–H and O–H groups in total. The first-order valence-corrected chi connectivity index (χ1v) is 9.35. The molecule has 0 fully saturated rings. The molecule has 0 aliphatic heterocycles. The number of aromatic nitrogens is 4. The van der Waals surface area contributed by atoms with Gasteiger partial charge in [0.2, 0.25) is 5.91 Å². The number of nitrogens with one attached hydrogen (secondary N) is 2. The number of urea groups is 1. The second-order valence-corrected chi connectivity index (χ2v) is 7.82. The Morgan fingerprint density at radius 3 is 2.57 bits per heavy atom. The molecule has 0 saturated heterocycles. The van der Waals surface area contributed by atoms with Crippen LogP contribution < -0.4 is 15.4 Å². The number of hydrogen-bond acceptors (Lipinski definition) is 6. The first kappa shape index (κ1) is 21.0. The van der Waals surface area contributed by atoms with E-state index in [2.05, 4.69) is 25.7 Å². The van der Waals surface area contributed by atoms with Crippen molar-refractivity contribution in [2.24, 2.45) is 12.5 Å². The van der Waals surface area contributed by atoms with Crippen molar-refractivity contribution in [1.29, 1.82) is 0 Å². The first-order chi connectivity index (χ1) is 14.1. The molecule has 0 radical (unpaired) electrons. The van der Waals surface area contributed by atoms with Crippen molar-refractivity contribution >= 4 is 17.8 Å². The van der Waals surface area contributed by atoms with E-state index in [9.17, 15) is 9.59 Å². The molecular weight excluding hydrogens is 384 g/mol. The Morgan fingerprint density at radius 2 is 1.93 bits per heavy atom. The number of ether oxygens (including phenoxy) is 1. The Labute approximate surface area is 174 Å². The largest absolute Gasteiger partial charge is 0.455 e. The molecular formula is C21H24N6O3. The number of amides is 3. The Kier molecular flexibility index (Phi) is 5.81. The molecule has 0 aromatic carbocycles. The van der Waals surface area contributed by atoms with Gasteiger partial charge in [-0.15, -0.1) is 0 Å². The second-order valence-electron chi connectivity index (χ2n) is 7.82. The van der Waals surface area contributed by atoms with Crippen molar-refractivity contribution in [2.45, 2.75) is 27.7 Å². The Hall–Kier alpha value is -3.75. The van der Waals surface area contributed by atoms with E-state index in [0.29, 0.717) is 23.0 Å². The summed E-state index contributed by atoms with van der Waals surface area (Å²) >= 11 is 0. The SMILES string of the molecule is Cc1nc(NC(=O)NC(=O)C(C)(C)C)ccc1Oc1ccnc(-c2cnn(C)c2)c1. The maximum absolute atomic E-state index is 12.0. The van der Waals surface area contributed by atoms with Crippen LogP contribution in [0.4, 0.5) is 10.6 Å². The molecule has 156 valence electrons. The van der Waals surface area contributed by atoms with Crippen molar-refractivity contribution < 1.29 is 14.3 Å². The molecule has 3 aromatic heterocycles. The zero-order chi connectivity index (χ0) is 21.9. The van der Waals surface area contributed by atoms with E-state index in [4.69, 9.17) is 4.74 Å². The van der Waals surface area contributed by atoms with Gasteiger partial charge in [-0.3, -0.25) is 25.1 Å². The van der Waals surface area contributed by atoms with Crippen LogP contribution in [0.1, 0.15) is 26.5 Å². The van der Waals surface area contributed by atoms with Crippen molar-refractivity contribution in [3.63, 3.8) is 0 Å². The predicted octanol–water partition coefficient (Wildman–Crippen LogP) is 3.67. The monoisotopic (exact) mass is 408 g/mol. The highest BCUT2D eigenvalue weighted by atomic mass is 16.5. The number of carbonyl (C=O) groups is 2. The van der Waals surface area contributed by atoms with E-state index in [1.165, 1.54) is 0 Å². The maximum atomic E-state index is 12.0. The minimum atomic E-state index is -0.669. The molecule has 9 heteroatoms. The molecule has 3 aromatic rings. The van der Waals surface area contributed by atoms with Crippen LogP contribution in [0.15, 0.2) is 42.9 Å². The van der Waals surface area contributed by atoms with Gasteiger partial charge in [0, 0.05) is 36.5 Å². The summed E-state index contributed by atoms with van der Waals surface area (Å²) in [5, 5.41) is 9.00. The number of pyridine rings is 2. The summed E-state index contributed by atoms with van der Waals surface area (Å²) < 4.78 is 7.64. The van der Waals surface area contributed by atoms with E-state index in [0.717, 1.165) is 11.3 Å². The minimum Gasteiger partial charge on any atom is -0.455 e. The molecule has 0 aliphatic rings. The van der Waals surface area contributed by atoms with Gasteiger partial charge in [-0.2, -0.15) is 5.10 Å². The highest BCUT2D eigenvalue weighted by Crippen LogP contribution is 2.27. The molecule has 0 spiro atoms. The zero-order valence-corrected chi connectivity index (χ0v) is 17.6. The molecule has 9 nitrogen and oxygen atoms in total. The number of anilines is 1. The highest BCUT2D eigenvalue weighted by molar-refractivity contribution is 6.02. The summed E-state index contributed by atoms with van der Waals surface area (Å²) in [6.07, 6.45) is 5.26. The van der Waals surface area contributed by atoms with Gasteiger partial charge in [0.25, 0.3) is 0 Å². The number of aryl methyl sites for hydroxylation is 2. The van der Waals surface area contributed by atoms with Crippen LogP contribution in [0.25, 0.3) is 11.3 Å². The van der Waals surface area contributed by atoms with Crippen molar-refractivity contribution in [2.75, 3.05) is 5.32 Å². The zero-order valence-electron chi connectivity index (χ0n) is 17.6. The molecule has 3 heterocycles. The second kappa shape index (κ2) is 8.32. The minimum absolute atomic E-state index is 0.310. The van der Waals surface area contributed by atoms with Crippen LogP contribution in [0.5, 0.6) is 11.5 Å². The first-order valence-electron chi connectivity index (χ1n) is 9.35. The van der Waals surface area contributed by atoms with Gasteiger partial charge < -0.3 is 4.74 Å². The molecule has 0 atom stereocenters. The summed E-state index contributed by atoms with van der Waals surface area (Å²) in [5.74, 6) is 1.07. The van der Waals surface area contributed by atoms with Gasteiger partial charge in [-0.05, 0) is 25.1 Å². The Bertz CT molecular complexity index is 1080. The number of rotatable bonds is 4. The molecule has 0 aliphatic carbocycles. The van der Waals surface area contributed by atoms with E-state index >= 15 is 0 Å². The lowest BCUT2D eigenvalue weighted by atomic mass is 9.96. The normalized spacial score (nSPS) is 11.1. The van der Waals surface area contributed by atoms with E-state index in [1.807, 2.05) is 19.3 Å². The van der Waals surface area contributed by atoms with Gasteiger partial charge >= 0.3 is 6.03 Å². The lowest BCUT2D eigenvalue weighted by molar-refractivity contribution is -0.127. The van der Waals surface area contributed by atoms with E-state index in [-0.39, 0.29) is 5.91 Å². The van der Waals surface area contributed by atoms with Crippen LogP contribution in [0, 0.1) is 12.3 Å². The van der Waals surface area contributed by atoms with Gasteiger partial charge in [-0.1, -0.05) is 20.8 Å². The fourth-order valence-electron chi connectivity index (χ4n) is 2.48. The number of carbonyl (C=O) groups excluding carboxylic acids is 2. The van der Waals surface area contributed by atoms with Crippen LogP contribution in [-0.4, -0.2) is 31.7 Å². The van der Waals surface area contributed by atoms with Crippen LogP contribution in [-0.2, 0) is 11.8 Å². The van der Waals surface area contributed by atoms with E-state index < -0.39 is 11.4 Å². The third-order valence-electron chi connectivity index (χ3n) is 4.15. The summed E-state index contributed by atoms with van der Waals surface area (Å²) in [5.41, 5.74) is 1.53. The number of nitrogens with zero attached hydrogens (tertiary/aromatic N) is 4. The molecule has 3 amide bonds. The van der Waals surface area contributed by atoms with Crippen molar-refractivity contribution in [3.8, 4) is 22.8 Å². The van der Waals surface area contributed by atoms with Crippen LogP contribution in [0.2, 0.25) is 0 Å². The number of hydrogen-bond donors (Lipinski definition) is 2.